The summed E-state index contributed by atoms with van der Waals surface area (Å²) in [6.45, 7) is 2.18. The number of methoxy groups -OCH3 is 1. The number of benzene rings is 2. The molecule has 0 bridgehead atoms. The zero-order valence-electron chi connectivity index (χ0n) is 11.4. The highest BCUT2D eigenvalue weighted by Gasteiger charge is 2.05. The summed E-state index contributed by atoms with van der Waals surface area (Å²) in [7, 11) is 1.62. The smallest absolute Gasteiger partial charge is 0.143 e. The zero-order chi connectivity index (χ0) is 13.7. The highest BCUT2D eigenvalue weighted by molar-refractivity contribution is 5.77. The van der Waals surface area contributed by atoms with E-state index in [1.807, 2.05) is 18.2 Å². The van der Waals surface area contributed by atoms with Crippen LogP contribution in [0.2, 0.25) is 0 Å². The maximum absolute atomic E-state index is 6.03. The van der Waals surface area contributed by atoms with E-state index >= 15 is 0 Å². The van der Waals surface area contributed by atoms with E-state index < -0.39 is 0 Å². The second-order valence-corrected chi connectivity index (χ2v) is 4.49. The zero-order valence-corrected chi connectivity index (χ0v) is 11.4. The average Bonchev–Trinajstić information content (AvgIpc) is 2.43. The maximum atomic E-state index is 6.03. The van der Waals surface area contributed by atoms with Crippen molar-refractivity contribution in [3.63, 3.8) is 0 Å². The van der Waals surface area contributed by atoms with Crippen molar-refractivity contribution >= 4 is 17.1 Å². The van der Waals surface area contributed by atoms with Crippen LogP contribution in [-0.2, 0) is 6.42 Å². The summed E-state index contributed by atoms with van der Waals surface area (Å²) in [5.74, 6) is 0.688. The van der Waals surface area contributed by atoms with Gasteiger partial charge in [0.2, 0.25) is 0 Å². The molecule has 0 radical (unpaired) electrons. The van der Waals surface area contributed by atoms with Gasteiger partial charge >= 0.3 is 0 Å². The number of nitrogens with two attached hydrogens (primary N) is 1. The minimum absolute atomic E-state index is 0.627. The Morgan fingerprint density at radius 1 is 1.11 bits per heavy atom. The molecule has 2 aromatic carbocycles. The van der Waals surface area contributed by atoms with E-state index in [1.165, 1.54) is 5.56 Å². The lowest BCUT2D eigenvalue weighted by molar-refractivity contribution is 0.417. The van der Waals surface area contributed by atoms with Crippen molar-refractivity contribution in [1.82, 2.24) is 0 Å². The Morgan fingerprint density at radius 3 is 2.47 bits per heavy atom. The number of nitrogen functional groups attached to an aromatic ring is 1. The largest absolute Gasteiger partial charge is 0.495 e. The fraction of sp³-hybridized carbons (Fsp3) is 0.250. The predicted octanol–water partition coefficient (Wildman–Crippen LogP) is 3.97. The average molecular weight is 256 g/mol. The fourth-order valence-corrected chi connectivity index (χ4v) is 2.03. The van der Waals surface area contributed by atoms with Crippen LogP contribution < -0.4 is 15.8 Å². The van der Waals surface area contributed by atoms with Crippen molar-refractivity contribution in [2.75, 3.05) is 18.2 Å². The van der Waals surface area contributed by atoms with Crippen LogP contribution in [0.1, 0.15) is 18.9 Å². The van der Waals surface area contributed by atoms with E-state index in [4.69, 9.17) is 10.5 Å². The van der Waals surface area contributed by atoms with Crippen molar-refractivity contribution in [3.8, 4) is 5.75 Å². The SMILES string of the molecule is CCCc1ccc(Nc2cccc(OC)c2N)cc1. The number of hydrogen-bond acceptors (Lipinski definition) is 3. The van der Waals surface area contributed by atoms with Gasteiger partial charge < -0.3 is 15.8 Å². The van der Waals surface area contributed by atoms with Crippen LogP contribution in [-0.4, -0.2) is 7.11 Å². The van der Waals surface area contributed by atoms with Crippen LogP contribution in [0, 0.1) is 0 Å². The first-order valence-electron chi connectivity index (χ1n) is 6.53. The summed E-state index contributed by atoms with van der Waals surface area (Å²) >= 11 is 0. The molecule has 0 heterocycles. The third-order valence-corrected chi connectivity index (χ3v) is 3.06. The molecule has 100 valence electrons. The first-order valence-corrected chi connectivity index (χ1v) is 6.53. The number of anilines is 3. The van der Waals surface area contributed by atoms with Gasteiger partial charge in [0.15, 0.2) is 0 Å². The number of aryl methyl sites for hydroxylation is 1. The van der Waals surface area contributed by atoms with Gasteiger partial charge in [0.25, 0.3) is 0 Å². The second-order valence-electron chi connectivity index (χ2n) is 4.49. The molecule has 0 aliphatic rings. The Balaban J connectivity index is 2.16. The molecule has 3 nitrogen and oxygen atoms in total. The number of hydrogen-bond donors (Lipinski definition) is 2. The molecule has 19 heavy (non-hydrogen) atoms. The lowest BCUT2D eigenvalue weighted by Gasteiger charge is -2.12. The van der Waals surface area contributed by atoms with Gasteiger partial charge in [-0.2, -0.15) is 0 Å². The Bertz CT molecular complexity index is 535. The Morgan fingerprint density at radius 2 is 1.84 bits per heavy atom. The summed E-state index contributed by atoms with van der Waals surface area (Å²) in [6.07, 6.45) is 2.27. The van der Waals surface area contributed by atoms with Gasteiger partial charge in [0.1, 0.15) is 5.75 Å². The van der Waals surface area contributed by atoms with Crippen LogP contribution in [0.15, 0.2) is 42.5 Å². The number of rotatable bonds is 5. The summed E-state index contributed by atoms with van der Waals surface area (Å²) in [4.78, 5) is 0. The van der Waals surface area contributed by atoms with E-state index in [-0.39, 0.29) is 0 Å². The van der Waals surface area contributed by atoms with Gasteiger partial charge in [-0.3, -0.25) is 0 Å². The molecule has 3 N–H and O–H groups in total. The highest BCUT2D eigenvalue weighted by atomic mass is 16.5. The number of para-hydroxylation sites is 1. The van der Waals surface area contributed by atoms with Gasteiger partial charge in [0, 0.05) is 5.69 Å². The monoisotopic (exact) mass is 256 g/mol. The Hall–Kier alpha value is -2.16. The van der Waals surface area contributed by atoms with Gasteiger partial charge in [-0.25, -0.2) is 0 Å². The van der Waals surface area contributed by atoms with E-state index in [0.717, 1.165) is 24.2 Å². The molecule has 0 amide bonds. The van der Waals surface area contributed by atoms with E-state index in [1.54, 1.807) is 7.11 Å². The van der Waals surface area contributed by atoms with E-state index in [0.29, 0.717) is 11.4 Å². The molecule has 0 saturated carbocycles. The van der Waals surface area contributed by atoms with Crippen LogP contribution in [0.4, 0.5) is 17.1 Å². The van der Waals surface area contributed by atoms with Gasteiger partial charge in [0.05, 0.1) is 18.5 Å². The van der Waals surface area contributed by atoms with E-state index in [2.05, 4.69) is 36.5 Å². The summed E-state index contributed by atoms with van der Waals surface area (Å²) in [6, 6.07) is 14.1. The minimum Gasteiger partial charge on any atom is -0.495 e. The molecule has 2 aromatic rings. The van der Waals surface area contributed by atoms with Crippen molar-refractivity contribution in [3.05, 3.63) is 48.0 Å². The van der Waals surface area contributed by atoms with Gasteiger partial charge in [-0.15, -0.1) is 0 Å². The van der Waals surface area contributed by atoms with Crippen LogP contribution in [0.5, 0.6) is 5.75 Å². The number of nitrogens with one attached hydrogen (secondary N) is 1. The standard InChI is InChI=1S/C16H20N2O/c1-3-5-12-8-10-13(11-9-12)18-14-6-4-7-15(19-2)16(14)17/h4,6-11,18H,3,5,17H2,1-2H3. The van der Waals surface area contributed by atoms with Gasteiger partial charge in [-0.1, -0.05) is 31.5 Å². The number of ether oxygens (including phenoxy) is 1. The molecule has 3 heteroatoms. The molecule has 0 aliphatic carbocycles. The fourth-order valence-electron chi connectivity index (χ4n) is 2.03. The van der Waals surface area contributed by atoms with Crippen molar-refractivity contribution in [1.29, 1.82) is 0 Å². The summed E-state index contributed by atoms with van der Waals surface area (Å²) in [5.41, 5.74) is 9.90. The van der Waals surface area contributed by atoms with Crippen LogP contribution >= 0.6 is 0 Å². The third-order valence-electron chi connectivity index (χ3n) is 3.06. The molecule has 0 unspecified atom stereocenters. The van der Waals surface area contributed by atoms with E-state index in [9.17, 15) is 0 Å². The first kappa shape index (κ1) is 13.3. The summed E-state index contributed by atoms with van der Waals surface area (Å²) in [5, 5.41) is 3.31. The molecule has 2 rings (SSSR count). The van der Waals surface area contributed by atoms with Crippen molar-refractivity contribution < 1.29 is 4.74 Å². The van der Waals surface area contributed by atoms with Gasteiger partial charge in [-0.05, 0) is 36.2 Å². The molecule has 0 aliphatic heterocycles. The normalized spacial score (nSPS) is 10.2. The van der Waals surface area contributed by atoms with Crippen molar-refractivity contribution in [2.24, 2.45) is 0 Å². The molecule has 0 fully saturated rings. The maximum Gasteiger partial charge on any atom is 0.143 e. The molecule has 0 atom stereocenters. The highest BCUT2D eigenvalue weighted by Crippen LogP contribution is 2.31. The second kappa shape index (κ2) is 6.14. The molecular weight excluding hydrogens is 236 g/mol. The Labute approximate surface area is 114 Å². The Kier molecular flexibility index (Phi) is 4.29. The topological polar surface area (TPSA) is 47.3 Å². The van der Waals surface area contributed by atoms with Crippen LogP contribution in [0.3, 0.4) is 0 Å². The van der Waals surface area contributed by atoms with Crippen molar-refractivity contribution in [2.45, 2.75) is 19.8 Å². The minimum atomic E-state index is 0.627. The lowest BCUT2D eigenvalue weighted by atomic mass is 10.1. The summed E-state index contributed by atoms with van der Waals surface area (Å²) < 4.78 is 5.21. The molecule has 0 aromatic heterocycles. The lowest BCUT2D eigenvalue weighted by Crippen LogP contribution is -1.99. The van der Waals surface area contributed by atoms with Crippen LogP contribution in [0.25, 0.3) is 0 Å². The molecule has 0 spiro atoms. The molecular formula is C16H20N2O. The molecule has 0 saturated heterocycles. The third kappa shape index (κ3) is 3.19. The predicted molar refractivity (Wildman–Crippen MR) is 81.1 cm³/mol. The first-order chi connectivity index (χ1) is 9.24. The quantitative estimate of drug-likeness (QED) is 0.796.